The van der Waals surface area contributed by atoms with Crippen molar-refractivity contribution in [1.82, 2.24) is 0 Å². The second-order valence-electron chi connectivity index (χ2n) is 6.20. The highest BCUT2D eigenvalue weighted by molar-refractivity contribution is 7.92. The van der Waals surface area contributed by atoms with Crippen LogP contribution in [0.2, 0.25) is 0 Å². The lowest BCUT2D eigenvalue weighted by atomic mass is 9.95. The lowest BCUT2D eigenvalue weighted by Gasteiger charge is -2.28. The van der Waals surface area contributed by atoms with Crippen molar-refractivity contribution in [3.8, 4) is 0 Å². The second-order valence-corrected chi connectivity index (χ2v) is 8.73. The third-order valence-corrected chi connectivity index (χ3v) is 6.46. The second kappa shape index (κ2) is 9.79. The van der Waals surface area contributed by atoms with E-state index >= 15 is 0 Å². The Morgan fingerprint density at radius 2 is 1.11 bits per heavy atom. The van der Waals surface area contributed by atoms with Crippen LogP contribution >= 0.6 is 0 Å². The predicted octanol–water partition coefficient (Wildman–Crippen LogP) is 5.12. The van der Waals surface area contributed by atoms with Crippen LogP contribution < -0.4 is 0 Å². The van der Waals surface area contributed by atoms with Gasteiger partial charge in [-0.15, -0.1) is 0 Å². The molecule has 1 unspecified atom stereocenters. The fraction of sp³-hybridized carbons (Fsp3) is 1.00. The van der Waals surface area contributed by atoms with Crippen molar-refractivity contribution in [2.24, 2.45) is 0 Å². The van der Waals surface area contributed by atoms with Crippen LogP contribution in [0, 0.1) is 0 Å². The van der Waals surface area contributed by atoms with Gasteiger partial charge in [0.25, 0.3) is 0 Å². The molecule has 0 fully saturated rings. The Morgan fingerprint density at radius 1 is 0.737 bits per heavy atom. The lowest BCUT2D eigenvalue weighted by molar-refractivity contribution is 0.439. The molecule has 0 aromatic heterocycles. The van der Waals surface area contributed by atoms with Crippen LogP contribution in [0.3, 0.4) is 0 Å². The van der Waals surface area contributed by atoms with E-state index < -0.39 is 14.6 Å². The summed E-state index contributed by atoms with van der Waals surface area (Å²) in [6.45, 7) is 6.34. The van der Waals surface area contributed by atoms with Crippen molar-refractivity contribution in [3.05, 3.63) is 0 Å². The summed E-state index contributed by atoms with van der Waals surface area (Å²) in [5.41, 5.74) is 0. The van der Waals surface area contributed by atoms with E-state index in [1.165, 1.54) is 44.8 Å². The minimum absolute atomic E-state index is 0.493. The largest absolute Gasteiger partial charge is 0.229 e. The topological polar surface area (TPSA) is 34.1 Å². The van der Waals surface area contributed by atoms with E-state index in [4.69, 9.17) is 0 Å². The summed E-state index contributed by atoms with van der Waals surface area (Å²) in [6, 6.07) is 0. The first-order chi connectivity index (χ1) is 8.87. The molecule has 1 atom stereocenters. The number of rotatable bonds is 12. The molecule has 0 amide bonds. The normalized spacial score (nSPS) is 15.4. The first kappa shape index (κ1) is 18.9. The average Bonchev–Trinajstić information content (AvgIpc) is 2.33. The van der Waals surface area contributed by atoms with Crippen molar-refractivity contribution < 1.29 is 8.42 Å². The van der Waals surface area contributed by atoms with E-state index in [9.17, 15) is 8.42 Å². The first-order valence-corrected chi connectivity index (χ1v) is 9.96. The van der Waals surface area contributed by atoms with E-state index in [0.717, 1.165) is 32.1 Å². The molecule has 0 aliphatic carbocycles. The highest BCUT2D eigenvalue weighted by Gasteiger charge is 2.34. The van der Waals surface area contributed by atoms with Gasteiger partial charge < -0.3 is 0 Å². The summed E-state index contributed by atoms with van der Waals surface area (Å²) >= 11 is 0. The molecule has 0 spiro atoms. The summed E-state index contributed by atoms with van der Waals surface area (Å²) < 4.78 is 23.6. The molecule has 116 valence electrons. The lowest BCUT2D eigenvalue weighted by Crippen LogP contribution is -2.34. The summed E-state index contributed by atoms with van der Waals surface area (Å²) in [6.07, 6.45) is 13.7. The van der Waals surface area contributed by atoms with Gasteiger partial charge in [0.05, 0.1) is 4.75 Å². The zero-order valence-corrected chi connectivity index (χ0v) is 14.3. The molecule has 0 aliphatic heterocycles. The minimum Gasteiger partial charge on any atom is -0.229 e. The van der Waals surface area contributed by atoms with E-state index in [1.54, 1.807) is 0 Å². The highest BCUT2D eigenvalue weighted by Crippen LogP contribution is 2.30. The Labute approximate surface area is 121 Å². The van der Waals surface area contributed by atoms with Gasteiger partial charge in [0.15, 0.2) is 9.84 Å². The zero-order valence-electron chi connectivity index (χ0n) is 13.5. The van der Waals surface area contributed by atoms with E-state index in [0.29, 0.717) is 0 Å². The standard InChI is InChI=1S/C16H34O2S/c1-5-7-9-11-13-15-16(3,19(4,17)18)14-12-10-8-6-2/h5-15H2,1-4H3. The Hall–Kier alpha value is -0.0500. The maximum absolute atomic E-state index is 12.0. The zero-order chi connectivity index (χ0) is 14.8. The van der Waals surface area contributed by atoms with Gasteiger partial charge in [0, 0.05) is 6.26 Å². The quantitative estimate of drug-likeness (QED) is 0.467. The van der Waals surface area contributed by atoms with Crippen molar-refractivity contribution >= 4 is 9.84 Å². The Morgan fingerprint density at radius 3 is 1.47 bits per heavy atom. The molecule has 0 aliphatic rings. The monoisotopic (exact) mass is 290 g/mol. The van der Waals surface area contributed by atoms with Crippen LogP contribution in [0.5, 0.6) is 0 Å². The molecule has 0 aromatic rings. The Balaban J connectivity index is 4.21. The molecule has 2 nitrogen and oxygen atoms in total. The predicted molar refractivity (Wildman–Crippen MR) is 85.4 cm³/mol. The Bertz CT molecular complexity index is 309. The molecule has 0 radical (unpaired) electrons. The van der Waals surface area contributed by atoms with Gasteiger partial charge in [0.1, 0.15) is 0 Å². The van der Waals surface area contributed by atoms with E-state index in [2.05, 4.69) is 13.8 Å². The van der Waals surface area contributed by atoms with Crippen LogP contribution in [0.4, 0.5) is 0 Å². The summed E-state index contributed by atoms with van der Waals surface area (Å²) in [5.74, 6) is 0. The van der Waals surface area contributed by atoms with Crippen molar-refractivity contribution in [1.29, 1.82) is 0 Å². The Kier molecular flexibility index (Phi) is 9.77. The van der Waals surface area contributed by atoms with Gasteiger partial charge in [-0.3, -0.25) is 0 Å². The fourth-order valence-electron chi connectivity index (χ4n) is 2.52. The molecule has 3 heteroatoms. The summed E-state index contributed by atoms with van der Waals surface area (Å²) in [5, 5.41) is 0. The third-order valence-electron chi connectivity index (χ3n) is 4.26. The van der Waals surface area contributed by atoms with Gasteiger partial charge >= 0.3 is 0 Å². The van der Waals surface area contributed by atoms with Crippen LogP contribution in [0.15, 0.2) is 0 Å². The number of hydrogen-bond donors (Lipinski definition) is 0. The van der Waals surface area contributed by atoms with Gasteiger partial charge in [-0.25, -0.2) is 8.42 Å². The molecule has 0 saturated heterocycles. The number of hydrogen-bond acceptors (Lipinski definition) is 2. The fourth-order valence-corrected chi connectivity index (χ4v) is 3.55. The third kappa shape index (κ3) is 7.96. The van der Waals surface area contributed by atoms with E-state index in [1.807, 2.05) is 6.92 Å². The molecule has 0 saturated carbocycles. The van der Waals surface area contributed by atoms with E-state index in [-0.39, 0.29) is 0 Å². The van der Waals surface area contributed by atoms with Crippen molar-refractivity contribution in [3.63, 3.8) is 0 Å². The molecular weight excluding hydrogens is 256 g/mol. The molecular formula is C16H34O2S. The molecule has 0 bridgehead atoms. The summed E-state index contributed by atoms with van der Waals surface area (Å²) in [7, 11) is -2.94. The van der Waals surface area contributed by atoms with Crippen LogP contribution in [0.25, 0.3) is 0 Å². The number of sulfone groups is 1. The summed E-state index contributed by atoms with van der Waals surface area (Å²) in [4.78, 5) is 0. The maximum Gasteiger partial charge on any atom is 0.152 e. The average molecular weight is 291 g/mol. The molecule has 0 heterocycles. The molecule has 0 N–H and O–H groups in total. The highest BCUT2D eigenvalue weighted by atomic mass is 32.2. The smallest absolute Gasteiger partial charge is 0.152 e. The van der Waals surface area contributed by atoms with Crippen LogP contribution in [-0.4, -0.2) is 19.4 Å². The molecule has 0 aromatic carbocycles. The van der Waals surface area contributed by atoms with Gasteiger partial charge in [-0.2, -0.15) is 0 Å². The minimum atomic E-state index is -2.94. The number of unbranched alkanes of at least 4 members (excludes halogenated alkanes) is 7. The SMILES string of the molecule is CCCCCCCC(C)(CCCCCC)S(C)(=O)=O. The van der Waals surface area contributed by atoms with Crippen molar-refractivity contribution in [2.75, 3.05) is 6.26 Å². The van der Waals surface area contributed by atoms with Crippen molar-refractivity contribution in [2.45, 2.75) is 96.1 Å². The molecule has 0 rings (SSSR count). The first-order valence-electron chi connectivity index (χ1n) is 8.07. The van der Waals surface area contributed by atoms with Crippen LogP contribution in [-0.2, 0) is 9.84 Å². The maximum atomic E-state index is 12.0. The van der Waals surface area contributed by atoms with Gasteiger partial charge in [-0.1, -0.05) is 71.6 Å². The molecule has 19 heavy (non-hydrogen) atoms. The van der Waals surface area contributed by atoms with Gasteiger partial charge in [0.2, 0.25) is 0 Å². The van der Waals surface area contributed by atoms with Crippen LogP contribution in [0.1, 0.15) is 91.4 Å². The van der Waals surface area contributed by atoms with Gasteiger partial charge in [-0.05, 0) is 19.8 Å².